The molecule has 0 radical (unpaired) electrons. The quantitative estimate of drug-likeness (QED) is 0.605. The topological polar surface area (TPSA) is 55.4 Å². The van der Waals surface area contributed by atoms with E-state index in [0.717, 1.165) is 16.7 Å². The second-order valence-electron chi connectivity index (χ2n) is 7.15. The molecule has 2 aromatic carbocycles. The predicted octanol–water partition coefficient (Wildman–Crippen LogP) is 5.25. The van der Waals surface area contributed by atoms with Crippen molar-refractivity contribution in [3.63, 3.8) is 0 Å². The van der Waals surface area contributed by atoms with Gasteiger partial charge in [-0.3, -0.25) is 0 Å². The molecule has 0 bridgehead atoms. The molecule has 0 spiro atoms. The van der Waals surface area contributed by atoms with Crippen LogP contribution in [-0.4, -0.2) is 15.1 Å². The number of hydrogen-bond donors (Lipinski definition) is 1. The molecule has 0 aromatic heterocycles. The van der Waals surface area contributed by atoms with Crippen molar-refractivity contribution in [2.75, 3.05) is 6.16 Å². The van der Waals surface area contributed by atoms with Crippen molar-refractivity contribution in [3.05, 3.63) is 71.0 Å². The lowest BCUT2D eigenvalue weighted by Gasteiger charge is -2.25. The molecule has 27 heavy (non-hydrogen) atoms. The Bertz CT molecular complexity index is 788. The molecular weight excluding hydrogens is 384 g/mol. The first-order valence-electron chi connectivity index (χ1n) is 8.80. The third kappa shape index (κ3) is 6.58. The summed E-state index contributed by atoms with van der Waals surface area (Å²) in [6.07, 6.45) is 0.489. The maximum absolute atomic E-state index is 13.3. The Hall–Kier alpha value is -1.46. The number of rotatable bonds is 8. The van der Waals surface area contributed by atoms with Crippen molar-refractivity contribution in [1.82, 2.24) is 4.72 Å². The third-order valence-corrected chi connectivity index (χ3v) is 6.43. The van der Waals surface area contributed by atoms with Gasteiger partial charge in [0.1, 0.15) is 12.4 Å². The van der Waals surface area contributed by atoms with Crippen LogP contribution in [0.25, 0.3) is 0 Å². The molecule has 0 aliphatic rings. The van der Waals surface area contributed by atoms with E-state index in [1.165, 1.54) is 12.1 Å². The third-order valence-electron chi connectivity index (χ3n) is 3.93. The lowest BCUT2D eigenvalue weighted by molar-refractivity contribution is 0.319. The van der Waals surface area contributed by atoms with Crippen molar-refractivity contribution in [2.24, 2.45) is 0 Å². The van der Waals surface area contributed by atoms with Crippen LogP contribution in [0.3, 0.4) is 0 Å². The van der Waals surface area contributed by atoms with Crippen LogP contribution in [0.15, 0.2) is 48.5 Å². The standard InChI is InChI=1S/C20H26FNO3PS/c1-5-26(23)25-14-15-6-8-16(9-7-15)19(22-27(24)20(2,3)4)17-10-12-18(21)13-11-17/h6-13,19,22H,5,14H2,1-4H3/q+1/t19-,27?/m1/s1. The highest BCUT2D eigenvalue weighted by Crippen LogP contribution is 2.27. The van der Waals surface area contributed by atoms with Gasteiger partial charge < -0.3 is 0 Å². The van der Waals surface area contributed by atoms with Gasteiger partial charge in [-0.1, -0.05) is 36.4 Å². The summed E-state index contributed by atoms with van der Waals surface area (Å²) in [5.41, 5.74) is 2.64. The van der Waals surface area contributed by atoms with Crippen molar-refractivity contribution < 1.29 is 17.7 Å². The van der Waals surface area contributed by atoms with Crippen LogP contribution in [0, 0.1) is 5.82 Å². The van der Waals surface area contributed by atoms with E-state index in [2.05, 4.69) is 4.72 Å². The fourth-order valence-electron chi connectivity index (χ4n) is 2.31. The smallest absolute Gasteiger partial charge is 0.242 e. The van der Waals surface area contributed by atoms with Crippen molar-refractivity contribution in [2.45, 2.75) is 45.1 Å². The maximum Gasteiger partial charge on any atom is 0.508 e. The van der Waals surface area contributed by atoms with Gasteiger partial charge in [0.05, 0.1) is 21.8 Å². The van der Waals surface area contributed by atoms with E-state index in [-0.39, 0.29) is 18.5 Å². The molecule has 146 valence electrons. The molecule has 0 heterocycles. The van der Waals surface area contributed by atoms with Crippen LogP contribution in [0.4, 0.5) is 4.39 Å². The zero-order valence-electron chi connectivity index (χ0n) is 16.1. The van der Waals surface area contributed by atoms with E-state index in [1.807, 2.05) is 52.0 Å². The summed E-state index contributed by atoms with van der Waals surface area (Å²) in [4.78, 5) is 0. The molecule has 1 N–H and O–H groups in total. The minimum absolute atomic E-state index is 0.284. The highest BCUT2D eigenvalue weighted by atomic mass is 32.2. The zero-order chi connectivity index (χ0) is 20.0. The van der Waals surface area contributed by atoms with Crippen molar-refractivity contribution >= 4 is 19.0 Å². The fourth-order valence-corrected chi connectivity index (χ4v) is 3.63. The van der Waals surface area contributed by atoms with Gasteiger partial charge in [-0.25, -0.2) is 13.3 Å². The Labute approximate surface area is 164 Å². The fraction of sp³-hybridized carbons (Fsp3) is 0.400. The minimum atomic E-state index is -1.62. The van der Waals surface area contributed by atoms with Gasteiger partial charge >= 0.3 is 8.03 Å². The Balaban J connectivity index is 2.26. The normalized spacial score (nSPS) is 14.6. The first-order valence-corrected chi connectivity index (χ1v) is 11.3. The van der Waals surface area contributed by atoms with E-state index in [9.17, 15) is 13.2 Å². The molecule has 7 heteroatoms. The predicted molar refractivity (Wildman–Crippen MR) is 109 cm³/mol. The van der Waals surface area contributed by atoms with Crippen LogP contribution < -0.4 is 4.72 Å². The summed E-state index contributed by atoms with van der Waals surface area (Å²) in [5.74, 6) is -0.313. The minimum Gasteiger partial charge on any atom is -0.242 e. The van der Waals surface area contributed by atoms with E-state index in [0.29, 0.717) is 6.16 Å². The van der Waals surface area contributed by atoms with E-state index in [4.69, 9.17) is 4.52 Å². The summed E-state index contributed by atoms with van der Waals surface area (Å²) in [7, 11) is -2.92. The molecule has 2 rings (SSSR count). The number of benzene rings is 2. The molecule has 0 amide bonds. The molecule has 2 unspecified atom stereocenters. The van der Waals surface area contributed by atoms with Gasteiger partial charge in [0, 0.05) is 0 Å². The molecule has 0 fully saturated rings. The summed E-state index contributed by atoms with van der Waals surface area (Å²) in [5, 5.41) is 0. The van der Waals surface area contributed by atoms with Gasteiger partial charge in [-0.05, 0) is 61.1 Å². The van der Waals surface area contributed by atoms with Gasteiger partial charge in [0.15, 0.2) is 6.16 Å². The number of nitrogens with one attached hydrogen (secondary N) is 1. The van der Waals surface area contributed by atoms with Crippen LogP contribution in [0.5, 0.6) is 0 Å². The molecule has 0 saturated carbocycles. The molecule has 0 aliphatic heterocycles. The second-order valence-corrected chi connectivity index (χ2v) is 10.7. The number of hydrogen-bond acceptors (Lipinski definition) is 3. The Morgan fingerprint density at radius 2 is 1.59 bits per heavy atom. The highest BCUT2D eigenvalue weighted by molar-refractivity contribution is 7.84. The molecular formula is C20H26FNO3PS+. The van der Waals surface area contributed by atoms with Crippen molar-refractivity contribution in [3.8, 4) is 0 Å². The maximum atomic E-state index is 13.3. The Morgan fingerprint density at radius 1 is 1.07 bits per heavy atom. The van der Waals surface area contributed by atoms with Crippen LogP contribution in [0.2, 0.25) is 0 Å². The summed E-state index contributed by atoms with van der Waals surface area (Å²) < 4.78 is 45.4. The lowest BCUT2D eigenvalue weighted by Crippen LogP contribution is -2.36. The summed E-state index contributed by atoms with van der Waals surface area (Å²) >= 11 is 0. The van der Waals surface area contributed by atoms with Gasteiger partial charge in [-0.15, -0.1) is 4.52 Å². The van der Waals surface area contributed by atoms with Gasteiger partial charge in [-0.2, -0.15) is 0 Å². The zero-order valence-corrected chi connectivity index (χ0v) is 17.8. The van der Waals surface area contributed by atoms with E-state index >= 15 is 0 Å². The van der Waals surface area contributed by atoms with Gasteiger partial charge in [0.2, 0.25) is 0 Å². The summed E-state index contributed by atoms with van der Waals surface area (Å²) in [6, 6.07) is 13.5. The lowest BCUT2D eigenvalue weighted by atomic mass is 9.99. The van der Waals surface area contributed by atoms with Crippen molar-refractivity contribution in [1.29, 1.82) is 0 Å². The molecule has 0 aliphatic carbocycles. The second kappa shape index (κ2) is 9.65. The Morgan fingerprint density at radius 3 is 2.07 bits per heavy atom. The van der Waals surface area contributed by atoms with Crippen LogP contribution in [-0.2, 0) is 26.7 Å². The highest BCUT2D eigenvalue weighted by Gasteiger charge is 2.25. The molecule has 4 nitrogen and oxygen atoms in total. The average Bonchev–Trinajstić information content (AvgIpc) is 2.64. The largest absolute Gasteiger partial charge is 0.508 e. The first-order chi connectivity index (χ1) is 12.7. The molecule has 2 aromatic rings. The SMILES string of the molecule is CC[P+](=O)OCc1ccc([C@@H](NS(=O)C(C)(C)C)c2ccc(F)cc2)cc1. The monoisotopic (exact) mass is 410 g/mol. The van der Waals surface area contributed by atoms with Crippen LogP contribution >= 0.6 is 8.03 Å². The first kappa shape index (κ1) is 21.8. The van der Waals surface area contributed by atoms with E-state index in [1.54, 1.807) is 12.1 Å². The average molecular weight is 410 g/mol. The van der Waals surface area contributed by atoms with Crippen LogP contribution in [0.1, 0.15) is 50.4 Å². The molecule has 0 saturated heterocycles. The Kier molecular flexibility index (Phi) is 7.80. The molecule has 3 atom stereocenters. The summed E-state index contributed by atoms with van der Waals surface area (Å²) in [6.45, 7) is 7.79. The van der Waals surface area contributed by atoms with Gasteiger partial charge in [0.25, 0.3) is 0 Å². The number of halogens is 1. The van der Waals surface area contributed by atoms with E-state index < -0.39 is 23.8 Å².